The average Bonchev–Trinajstić information content (AvgIpc) is 3.12. The third kappa shape index (κ3) is 3.00. The van der Waals surface area contributed by atoms with Crippen LogP contribution in [-0.4, -0.2) is 42.8 Å². The van der Waals surface area contributed by atoms with E-state index in [-0.39, 0.29) is 0 Å². The van der Waals surface area contributed by atoms with Crippen molar-refractivity contribution in [1.29, 1.82) is 0 Å². The molecule has 28 heavy (non-hydrogen) atoms. The standard InChI is InChI=1S/C22H26N4OS/c1-15-13-25(10-11-26(15)16-6-5-7-17(12-16)27-2)21-20-18-8-3-4-9-19(18)28-22(20)24-14-23-21/h5-7,12,14-15H,3-4,8-11,13H2,1-2H3. The molecule has 2 aromatic heterocycles. The number of methoxy groups -OCH3 is 1. The number of ether oxygens (including phenoxy) is 1. The van der Waals surface area contributed by atoms with Crippen LogP contribution in [0.3, 0.4) is 0 Å². The number of aryl methyl sites for hydroxylation is 2. The van der Waals surface area contributed by atoms with Crippen LogP contribution in [0.4, 0.5) is 11.5 Å². The van der Waals surface area contributed by atoms with Crippen molar-refractivity contribution >= 4 is 33.1 Å². The highest BCUT2D eigenvalue weighted by molar-refractivity contribution is 7.19. The van der Waals surface area contributed by atoms with Crippen LogP contribution < -0.4 is 14.5 Å². The van der Waals surface area contributed by atoms with Crippen molar-refractivity contribution in [1.82, 2.24) is 9.97 Å². The van der Waals surface area contributed by atoms with Gasteiger partial charge in [-0.25, -0.2) is 9.97 Å². The molecule has 2 aliphatic rings. The third-order valence-corrected chi connectivity index (χ3v) is 7.24. The average molecular weight is 395 g/mol. The van der Waals surface area contributed by atoms with Crippen LogP contribution in [0, 0.1) is 0 Å². The summed E-state index contributed by atoms with van der Waals surface area (Å²) in [5.74, 6) is 2.05. The van der Waals surface area contributed by atoms with E-state index in [1.54, 1.807) is 13.4 Å². The zero-order valence-electron chi connectivity index (χ0n) is 16.5. The third-order valence-electron chi connectivity index (χ3n) is 6.04. The number of nitrogens with zero attached hydrogens (tertiary/aromatic N) is 4. The number of piperazine rings is 1. The molecule has 0 bridgehead atoms. The van der Waals surface area contributed by atoms with Gasteiger partial charge in [-0.05, 0) is 50.3 Å². The van der Waals surface area contributed by atoms with Gasteiger partial charge < -0.3 is 14.5 Å². The first-order valence-electron chi connectivity index (χ1n) is 10.2. The van der Waals surface area contributed by atoms with E-state index in [1.807, 2.05) is 17.4 Å². The highest BCUT2D eigenvalue weighted by Crippen LogP contribution is 2.39. The molecular formula is C22H26N4OS. The molecule has 3 aromatic rings. The topological polar surface area (TPSA) is 41.5 Å². The van der Waals surface area contributed by atoms with Gasteiger partial charge in [0.1, 0.15) is 22.7 Å². The minimum absolute atomic E-state index is 0.403. The lowest BCUT2D eigenvalue weighted by molar-refractivity contribution is 0.414. The first kappa shape index (κ1) is 17.7. The highest BCUT2D eigenvalue weighted by atomic mass is 32.1. The van der Waals surface area contributed by atoms with Gasteiger partial charge in [0.25, 0.3) is 0 Å². The minimum Gasteiger partial charge on any atom is -0.497 e. The lowest BCUT2D eigenvalue weighted by atomic mass is 9.96. The number of fused-ring (bicyclic) bond motifs is 3. The van der Waals surface area contributed by atoms with E-state index in [4.69, 9.17) is 9.72 Å². The number of thiophene rings is 1. The molecule has 3 heterocycles. The lowest BCUT2D eigenvalue weighted by Crippen LogP contribution is -2.52. The second kappa shape index (κ2) is 7.24. The van der Waals surface area contributed by atoms with Crippen molar-refractivity contribution in [3.05, 3.63) is 41.0 Å². The molecule has 0 amide bonds. The molecule has 1 fully saturated rings. The van der Waals surface area contributed by atoms with Crippen molar-refractivity contribution < 1.29 is 4.74 Å². The summed E-state index contributed by atoms with van der Waals surface area (Å²) in [4.78, 5) is 17.0. The lowest BCUT2D eigenvalue weighted by Gasteiger charge is -2.42. The molecule has 1 atom stereocenters. The van der Waals surface area contributed by atoms with Crippen LogP contribution in [0.15, 0.2) is 30.6 Å². The number of hydrogen-bond acceptors (Lipinski definition) is 6. The molecule has 1 aliphatic carbocycles. The van der Waals surface area contributed by atoms with E-state index < -0.39 is 0 Å². The molecule has 1 unspecified atom stereocenters. The van der Waals surface area contributed by atoms with Gasteiger partial charge >= 0.3 is 0 Å². The summed E-state index contributed by atoms with van der Waals surface area (Å²) in [5.41, 5.74) is 2.75. The molecule has 5 nitrogen and oxygen atoms in total. The monoisotopic (exact) mass is 394 g/mol. The van der Waals surface area contributed by atoms with Crippen molar-refractivity contribution in [2.75, 3.05) is 36.5 Å². The van der Waals surface area contributed by atoms with Crippen molar-refractivity contribution in [2.45, 2.75) is 38.6 Å². The molecule has 1 saturated heterocycles. The fourth-order valence-electron chi connectivity index (χ4n) is 4.64. The van der Waals surface area contributed by atoms with Crippen LogP contribution in [0.1, 0.15) is 30.2 Å². The number of hydrogen-bond donors (Lipinski definition) is 0. The fraction of sp³-hybridized carbons (Fsp3) is 0.455. The molecule has 0 spiro atoms. The summed E-state index contributed by atoms with van der Waals surface area (Å²) < 4.78 is 5.41. The van der Waals surface area contributed by atoms with E-state index in [1.165, 1.54) is 52.0 Å². The van der Waals surface area contributed by atoms with E-state index in [0.29, 0.717) is 6.04 Å². The predicted molar refractivity (Wildman–Crippen MR) is 116 cm³/mol. The Labute approximate surface area is 170 Å². The van der Waals surface area contributed by atoms with Gasteiger partial charge in [-0.1, -0.05) is 6.07 Å². The van der Waals surface area contributed by atoms with Gasteiger partial charge in [0.2, 0.25) is 0 Å². The van der Waals surface area contributed by atoms with Gasteiger partial charge in [0.15, 0.2) is 0 Å². The zero-order valence-corrected chi connectivity index (χ0v) is 17.3. The maximum absolute atomic E-state index is 5.41. The van der Waals surface area contributed by atoms with Gasteiger partial charge in [-0.15, -0.1) is 11.3 Å². The second-order valence-corrected chi connectivity index (χ2v) is 8.86. The Balaban J connectivity index is 1.44. The van der Waals surface area contributed by atoms with Crippen molar-refractivity contribution in [3.63, 3.8) is 0 Å². The summed E-state index contributed by atoms with van der Waals surface area (Å²) in [6, 6.07) is 8.78. The number of benzene rings is 1. The Morgan fingerprint density at radius 2 is 2.04 bits per heavy atom. The number of anilines is 2. The largest absolute Gasteiger partial charge is 0.497 e. The van der Waals surface area contributed by atoms with Gasteiger partial charge in [-0.3, -0.25) is 0 Å². The van der Waals surface area contributed by atoms with E-state index in [2.05, 4.69) is 39.9 Å². The van der Waals surface area contributed by atoms with E-state index in [0.717, 1.165) is 31.2 Å². The quantitative estimate of drug-likeness (QED) is 0.663. The van der Waals surface area contributed by atoms with Gasteiger partial charge in [0, 0.05) is 42.3 Å². The summed E-state index contributed by atoms with van der Waals surface area (Å²) >= 11 is 1.88. The highest BCUT2D eigenvalue weighted by Gasteiger charge is 2.28. The molecular weight excluding hydrogens is 368 g/mol. The summed E-state index contributed by atoms with van der Waals surface area (Å²) in [6.07, 6.45) is 6.72. The van der Waals surface area contributed by atoms with E-state index in [9.17, 15) is 0 Å². The Morgan fingerprint density at radius 1 is 1.14 bits per heavy atom. The Morgan fingerprint density at radius 3 is 2.89 bits per heavy atom. The normalized spacial score (nSPS) is 19.7. The van der Waals surface area contributed by atoms with Gasteiger partial charge in [0.05, 0.1) is 12.5 Å². The number of aromatic nitrogens is 2. The summed E-state index contributed by atoms with van der Waals surface area (Å²) in [6.45, 7) is 5.21. The number of rotatable bonds is 3. The van der Waals surface area contributed by atoms with Crippen LogP contribution in [-0.2, 0) is 12.8 Å². The minimum atomic E-state index is 0.403. The molecule has 6 heteroatoms. The molecule has 5 rings (SSSR count). The van der Waals surface area contributed by atoms with Crippen LogP contribution in [0.2, 0.25) is 0 Å². The van der Waals surface area contributed by atoms with E-state index >= 15 is 0 Å². The molecule has 0 radical (unpaired) electrons. The fourth-order valence-corrected chi connectivity index (χ4v) is 5.86. The van der Waals surface area contributed by atoms with Gasteiger partial charge in [-0.2, -0.15) is 0 Å². The first-order valence-corrected chi connectivity index (χ1v) is 11.0. The summed E-state index contributed by atoms with van der Waals surface area (Å²) in [5, 5.41) is 1.32. The smallest absolute Gasteiger partial charge is 0.141 e. The molecule has 0 saturated carbocycles. The maximum atomic E-state index is 5.41. The zero-order chi connectivity index (χ0) is 19.1. The Bertz CT molecular complexity index is 1000. The molecule has 146 valence electrons. The molecule has 1 aromatic carbocycles. The predicted octanol–water partition coefficient (Wildman–Crippen LogP) is 4.29. The Kier molecular flexibility index (Phi) is 4.59. The van der Waals surface area contributed by atoms with Crippen LogP contribution >= 0.6 is 11.3 Å². The van der Waals surface area contributed by atoms with Crippen molar-refractivity contribution in [3.8, 4) is 5.75 Å². The van der Waals surface area contributed by atoms with Crippen LogP contribution in [0.25, 0.3) is 10.2 Å². The summed E-state index contributed by atoms with van der Waals surface area (Å²) in [7, 11) is 1.72. The first-order chi connectivity index (χ1) is 13.7. The SMILES string of the molecule is COc1cccc(N2CCN(c3ncnc4sc5c(c34)CCCC5)CC2C)c1. The molecule has 0 N–H and O–H groups in total. The second-order valence-electron chi connectivity index (χ2n) is 7.78. The van der Waals surface area contributed by atoms with Crippen LogP contribution in [0.5, 0.6) is 5.75 Å². The Hall–Kier alpha value is -2.34. The maximum Gasteiger partial charge on any atom is 0.141 e. The van der Waals surface area contributed by atoms with Crippen molar-refractivity contribution in [2.24, 2.45) is 0 Å². The molecule has 1 aliphatic heterocycles.